The maximum absolute atomic E-state index is 11.6. The lowest BCUT2D eigenvalue weighted by molar-refractivity contribution is -0.140. The van der Waals surface area contributed by atoms with Crippen LogP contribution in [-0.4, -0.2) is 17.7 Å². The molecule has 2 aromatic rings. The SMILES string of the molecule is COC(=O)CC(SCc1ccccc1)SCc1ccccc1. The van der Waals surface area contributed by atoms with E-state index in [4.69, 9.17) is 4.74 Å². The summed E-state index contributed by atoms with van der Waals surface area (Å²) < 4.78 is 5.02. The van der Waals surface area contributed by atoms with Gasteiger partial charge in [0.25, 0.3) is 0 Å². The van der Waals surface area contributed by atoms with Gasteiger partial charge in [-0.05, 0) is 11.1 Å². The molecule has 0 bridgehead atoms. The summed E-state index contributed by atoms with van der Waals surface area (Å²) in [6.07, 6.45) is 0.436. The quantitative estimate of drug-likeness (QED) is 0.515. The van der Waals surface area contributed by atoms with Crippen LogP contribution in [0, 0.1) is 0 Å². The molecular weight excluding hydrogens is 312 g/mol. The number of hydrogen-bond acceptors (Lipinski definition) is 4. The number of carbonyl (C=O) groups is 1. The Morgan fingerprint density at radius 3 is 1.77 bits per heavy atom. The standard InChI is InChI=1S/C18H20O2S2/c1-20-17(19)12-18(21-13-15-8-4-2-5-9-15)22-14-16-10-6-3-7-11-16/h2-11,18H,12-14H2,1H3. The number of hydrogen-bond donors (Lipinski definition) is 0. The van der Waals surface area contributed by atoms with Gasteiger partial charge in [-0.1, -0.05) is 60.7 Å². The molecule has 0 saturated carbocycles. The summed E-state index contributed by atoms with van der Waals surface area (Å²) in [7, 11) is 1.45. The molecule has 0 saturated heterocycles. The van der Waals surface area contributed by atoms with Crippen LogP contribution < -0.4 is 0 Å². The Morgan fingerprint density at radius 1 is 0.909 bits per heavy atom. The molecule has 0 atom stereocenters. The highest BCUT2D eigenvalue weighted by atomic mass is 32.2. The largest absolute Gasteiger partial charge is 0.469 e. The van der Waals surface area contributed by atoms with Crippen molar-refractivity contribution in [3.63, 3.8) is 0 Å². The normalized spacial score (nSPS) is 10.6. The van der Waals surface area contributed by atoms with Gasteiger partial charge < -0.3 is 4.74 Å². The second-order valence-corrected chi connectivity index (χ2v) is 7.48. The first kappa shape index (κ1) is 17.0. The lowest BCUT2D eigenvalue weighted by Gasteiger charge is -2.15. The maximum atomic E-state index is 11.6. The monoisotopic (exact) mass is 332 g/mol. The minimum Gasteiger partial charge on any atom is -0.469 e. The first-order chi connectivity index (χ1) is 10.8. The summed E-state index contributed by atoms with van der Waals surface area (Å²) in [5.74, 6) is 1.67. The fourth-order valence-electron chi connectivity index (χ4n) is 1.91. The molecule has 0 aromatic heterocycles. The van der Waals surface area contributed by atoms with Crippen molar-refractivity contribution in [2.24, 2.45) is 0 Å². The number of ether oxygens (including phenoxy) is 1. The van der Waals surface area contributed by atoms with Crippen LogP contribution in [0.15, 0.2) is 60.7 Å². The smallest absolute Gasteiger partial charge is 0.307 e. The van der Waals surface area contributed by atoms with Crippen molar-refractivity contribution in [2.45, 2.75) is 22.5 Å². The van der Waals surface area contributed by atoms with Crippen LogP contribution in [-0.2, 0) is 21.0 Å². The number of esters is 1. The Bertz CT molecular complexity index is 514. The average molecular weight is 332 g/mol. The maximum Gasteiger partial charge on any atom is 0.307 e. The Kier molecular flexibility index (Phi) is 7.40. The Hall–Kier alpha value is -1.39. The van der Waals surface area contributed by atoms with Crippen LogP contribution in [0.1, 0.15) is 17.5 Å². The summed E-state index contributed by atoms with van der Waals surface area (Å²) in [6, 6.07) is 20.7. The van der Waals surface area contributed by atoms with Crippen LogP contribution in [0.25, 0.3) is 0 Å². The van der Waals surface area contributed by atoms with Crippen LogP contribution >= 0.6 is 23.5 Å². The van der Waals surface area contributed by atoms with Gasteiger partial charge in [0.2, 0.25) is 0 Å². The molecule has 0 fully saturated rings. The highest BCUT2D eigenvalue weighted by Gasteiger charge is 2.15. The molecule has 0 spiro atoms. The van der Waals surface area contributed by atoms with Crippen LogP contribution in [0.3, 0.4) is 0 Å². The molecular formula is C18H20O2S2. The number of carbonyl (C=O) groups excluding carboxylic acids is 1. The average Bonchev–Trinajstić information content (AvgIpc) is 2.59. The van der Waals surface area contributed by atoms with Gasteiger partial charge in [-0.25, -0.2) is 0 Å². The molecule has 0 heterocycles. The van der Waals surface area contributed by atoms with Crippen LogP contribution in [0.4, 0.5) is 0 Å². The molecule has 2 nitrogen and oxygen atoms in total. The third-order valence-corrected chi connectivity index (χ3v) is 6.01. The van der Waals surface area contributed by atoms with E-state index in [1.807, 2.05) is 36.4 Å². The molecule has 0 aliphatic carbocycles. The van der Waals surface area contributed by atoms with Crippen molar-refractivity contribution in [2.75, 3.05) is 7.11 Å². The fourth-order valence-corrected chi connectivity index (χ4v) is 4.35. The summed E-state index contributed by atoms with van der Waals surface area (Å²) >= 11 is 3.60. The lowest BCUT2D eigenvalue weighted by Crippen LogP contribution is -2.09. The third kappa shape index (κ3) is 6.16. The summed E-state index contributed by atoms with van der Waals surface area (Å²) in [6.45, 7) is 0. The number of benzene rings is 2. The van der Waals surface area contributed by atoms with E-state index in [0.717, 1.165) is 11.5 Å². The molecule has 0 aliphatic heterocycles. The minimum atomic E-state index is -0.147. The number of thioether (sulfide) groups is 2. The Morgan fingerprint density at radius 2 is 1.36 bits per heavy atom. The van der Waals surface area contributed by atoms with Gasteiger partial charge in [0.15, 0.2) is 0 Å². The fraction of sp³-hybridized carbons (Fsp3) is 0.278. The predicted molar refractivity (Wildman–Crippen MR) is 95.9 cm³/mol. The second kappa shape index (κ2) is 9.59. The first-order valence-corrected chi connectivity index (χ1v) is 9.25. The molecule has 0 amide bonds. The highest BCUT2D eigenvalue weighted by Crippen LogP contribution is 2.32. The molecule has 0 radical (unpaired) electrons. The Balaban J connectivity index is 1.89. The van der Waals surface area contributed by atoms with Gasteiger partial charge in [0.05, 0.1) is 18.1 Å². The van der Waals surface area contributed by atoms with Crippen molar-refractivity contribution >= 4 is 29.5 Å². The lowest BCUT2D eigenvalue weighted by atomic mass is 10.2. The van der Waals surface area contributed by atoms with E-state index in [9.17, 15) is 4.79 Å². The van der Waals surface area contributed by atoms with E-state index in [-0.39, 0.29) is 10.6 Å². The van der Waals surface area contributed by atoms with E-state index < -0.39 is 0 Å². The van der Waals surface area contributed by atoms with Crippen LogP contribution in [0.2, 0.25) is 0 Å². The topological polar surface area (TPSA) is 26.3 Å². The molecule has 22 heavy (non-hydrogen) atoms. The van der Waals surface area contributed by atoms with E-state index in [1.165, 1.54) is 18.2 Å². The van der Waals surface area contributed by atoms with Gasteiger partial charge in [0, 0.05) is 11.5 Å². The van der Waals surface area contributed by atoms with E-state index in [1.54, 1.807) is 23.5 Å². The van der Waals surface area contributed by atoms with Gasteiger partial charge in [-0.2, -0.15) is 0 Å². The van der Waals surface area contributed by atoms with E-state index >= 15 is 0 Å². The van der Waals surface area contributed by atoms with Gasteiger partial charge in [-0.15, -0.1) is 23.5 Å². The van der Waals surface area contributed by atoms with Gasteiger partial charge in [-0.3, -0.25) is 4.79 Å². The van der Waals surface area contributed by atoms with Crippen molar-refractivity contribution in [1.29, 1.82) is 0 Å². The van der Waals surface area contributed by atoms with Crippen molar-refractivity contribution in [3.8, 4) is 0 Å². The second-order valence-electron chi connectivity index (χ2n) is 4.80. The number of rotatable bonds is 8. The summed E-state index contributed by atoms with van der Waals surface area (Å²) in [5, 5.41) is 0. The zero-order valence-corrected chi connectivity index (χ0v) is 14.2. The zero-order chi connectivity index (χ0) is 15.6. The molecule has 0 N–H and O–H groups in total. The predicted octanol–water partition coefficient (Wildman–Crippen LogP) is 4.74. The van der Waals surface area contributed by atoms with Gasteiger partial charge >= 0.3 is 5.97 Å². The van der Waals surface area contributed by atoms with Gasteiger partial charge in [0.1, 0.15) is 0 Å². The first-order valence-electron chi connectivity index (χ1n) is 7.16. The van der Waals surface area contributed by atoms with Crippen molar-refractivity contribution < 1.29 is 9.53 Å². The molecule has 0 aliphatic rings. The molecule has 116 valence electrons. The summed E-state index contributed by atoms with van der Waals surface area (Å²) in [5.41, 5.74) is 2.56. The third-order valence-electron chi connectivity index (χ3n) is 3.12. The molecule has 0 unspecified atom stereocenters. The van der Waals surface area contributed by atoms with E-state index in [2.05, 4.69) is 24.3 Å². The minimum absolute atomic E-state index is 0.147. The van der Waals surface area contributed by atoms with E-state index in [0.29, 0.717) is 6.42 Å². The van der Waals surface area contributed by atoms with Crippen molar-refractivity contribution in [3.05, 3.63) is 71.8 Å². The Labute approximate surface area is 140 Å². The molecule has 2 rings (SSSR count). The highest BCUT2D eigenvalue weighted by molar-refractivity contribution is 8.16. The zero-order valence-electron chi connectivity index (χ0n) is 12.6. The summed E-state index contributed by atoms with van der Waals surface area (Å²) in [4.78, 5) is 11.6. The van der Waals surface area contributed by atoms with Crippen LogP contribution in [0.5, 0.6) is 0 Å². The van der Waals surface area contributed by atoms with Crippen molar-refractivity contribution in [1.82, 2.24) is 0 Å². The number of methoxy groups -OCH3 is 1. The molecule has 4 heteroatoms. The molecule has 2 aromatic carbocycles.